The lowest BCUT2D eigenvalue weighted by atomic mass is 9.88. The van der Waals surface area contributed by atoms with Gasteiger partial charge in [-0.15, -0.1) is 24.2 Å². The van der Waals surface area contributed by atoms with E-state index in [1.54, 1.807) is 11.8 Å². The number of hydrogen-bond acceptors (Lipinski definition) is 4. The number of carbonyl (C=O) groups excluding carboxylic acids is 2. The topological polar surface area (TPSA) is 102 Å². The number of hydrogen-bond donors (Lipinski definition) is 2. The summed E-state index contributed by atoms with van der Waals surface area (Å²) in [5.41, 5.74) is 10.7. The Morgan fingerprint density at radius 3 is 2.42 bits per heavy atom. The lowest BCUT2D eigenvalue weighted by Crippen LogP contribution is -2.64. The predicted molar refractivity (Wildman–Crippen MR) is 80.1 cm³/mol. The zero-order valence-corrected chi connectivity index (χ0v) is 13.0. The van der Waals surface area contributed by atoms with Gasteiger partial charge < -0.3 is 11.5 Å². The first-order valence-corrected chi connectivity index (χ1v) is 7.02. The van der Waals surface area contributed by atoms with E-state index in [-0.39, 0.29) is 47.5 Å². The van der Waals surface area contributed by atoms with Gasteiger partial charge in [-0.05, 0) is 12.2 Å². The number of thioether (sulfide) groups is 1. The summed E-state index contributed by atoms with van der Waals surface area (Å²) in [4.78, 5) is 28.8. The maximum absolute atomic E-state index is 12.0. The van der Waals surface area contributed by atoms with E-state index in [2.05, 4.69) is 4.99 Å². The Hall–Kier alpha value is -0.950. The molecule has 0 spiro atoms. The number of imide groups is 1. The minimum Gasteiger partial charge on any atom is -0.370 e. The van der Waals surface area contributed by atoms with Crippen molar-refractivity contribution in [3.8, 4) is 0 Å². The molecule has 0 aromatic carbocycles. The van der Waals surface area contributed by atoms with E-state index in [9.17, 15) is 9.59 Å². The fourth-order valence-corrected chi connectivity index (χ4v) is 3.39. The molecule has 6 nitrogen and oxygen atoms in total. The Balaban J connectivity index is 0.00000324. The van der Waals surface area contributed by atoms with Crippen molar-refractivity contribution in [2.75, 3.05) is 5.75 Å². The van der Waals surface area contributed by atoms with Crippen LogP contribution < -0.4 is 11.5 Å². The average Bonchev–Trinajstić information content (AvgIpc) is 2.26. The number of guanidine groups is 1. The van der Waals surface area contributed by atoms with E-state index in [0.29, 0.717) is 6.42 Å². The Morgan fingerprint density at radius 2 is 2.05 bits per heavy atom. The monoisotopic (exact) mass is 308 g/mol. The van der Waals surface area contributed by atoms with Gasteiger partial charge in [0.2, 0.25) is 11.8 Å². The molecule has 1 heterocycles. The fraction of sp³-hybridized carbons (Fsp3) is 0.727. The van der Waals surface area contributed by atoms with Crippen LogP contribution in [0.15, 0.2) is 4.99 Å². The molecule has 3 atom stereocenters. The lowest BCUT2D eigenvalue weighted by molar-refractivity contribution is -0.160. The predicted octanol–water partition coefficient (Wildman–Crippen LogP) is 0.544. The van der Waals surface area contributed by atoms with Crippen LogP contribution in [0.3, 0.4) is 0 Å². The molecular weight excluding hydrogens is 288 g/mol. The third kappa shape index (κ3) is 3.76. The highest BCUT2D eigenvalue weighted by molar-refractivity contribution is 8.00. The van der Waals surface area contributed by atoms with Gasteiger partial charge in [-0.2, -0.15) is 0 Å². The van der Waals surface area contributed by atoms with Gasteiger partial charge >= 0.3 is 0 Å². The molecule has 110 valence electrons. The molecule has 2 amide bonds. The Morgan fingerprint density at radius 1 is 1.47 bits per heavy atom. The summed E-state index contributed by atoms with van der Waals surface area (Å²) in [7, 11) is 0. The van der Waals surface area contributed by atoms with Gasteiger partial charge in [0.1, 0.15) is 0 Å². The molecule has 0 aromatic rings. The molecule has 0 radical (unpaired) electrons. The van der Waals surface area contributed by atoms with Crippen LogP contribution >= 0.6 is 24.2 Å². The van der Waals surface area contributed by atoms with Crippen molar-refractivity contribution < 1.29 is 9.59 Å². The van der Waals surface area contributed by atoms with Crippen LogP contribution in [0.2, 0.25) is 0 Å². The third-order valence-corrected chi connectivity index (χ3v) is 4.09. The Kier molecular flexibility index (Phi) is 7.21. The second-order valence-electron chi connectivity index (χ2n) is 4.13. The van der Waals surface area contributed by atoms with Crippen LogP contribution in [0.4, 0.5) is 0 Å². The third-order valence-electron chi connectivity index (χ3n) is 2.91. The summed E-state index contributed by atoms with van der Waals surface area (Å²) in [5.74, 6) is 0.116. The molecule has 0 saturated carbocycles. The highest BCUT2D eigenvalue weighted by Gasteiger charge is 2.52. The quantitative estimate of drug-likeness (QED) is 0.438. The number of nitrogens with zero attached hydrogens (tertiary/aromatic N) is 2. The number of halogens is 1. The first-order chi connectivity index (χ1) is 8.43. The summed E-state index contributed by atoms with van der Waals surface area (Å²) in [6, 6.07) is -0.248. The number of nitrogens with two attached hydrogens (primary N) is 2. The molecule has 1 aliphatic heterocycles. The molecule has 1 saturated heterocycles. The summed E-state index contributed by atoms with van der Waals surface area (Å²) in [5, 5.41) is -0.145. The van der Waals surface area contributed by atoms with Crippen LogP contribution in [-0.4, -0.2) is 39.8 Å². The lowest BCUT2D eigenvalue weighted by Gasteiger charge is -2.46. The molecule has 8 heteroatoms. The van der Waals surface area contributed by atoms with Gasteiger partial charge in [0.15, 0.2) is 5.96 Å². The van der Waals surface area contributed by atoms with Crippen LogP contribution in [0.25, 0.3) is 0 Å². The van der Waals surface area contributed by atoms with Gasteiger partial charge in [-0.3, -0.25) is 14.5 Å². The molecule has 1 aliphatic rings. The van der Waals surface area contributed by atoms with E-state index in [4.69, 9.17) is 11.5 Å². The maximum atomic E-state index is 12.0. The number of aliphatic imine (C=N–C) groups is 1. The molecule has 0 bridgehead atoms. The smallest absolute Gasteiger partial charge is 0.238 e. The van der Waals surface area contributed by atoms with Crippen LogP contribution in [-0.2, 0) is 9.59 Å². The summed E-state index contributed by atoms with van der Waals surface area (Å²) < 4.78 is 0. The summed E-state index contributed by atoms with van der Waals surface area (Å²) in [6.45, 7) is 5.32. The van der Waals surface area contributed by atoms with Gasteiger partial charge in [0, 0.05) is 6.92 Å². The van der Waals surface area contributed by atoms with E-state index in [0.717, 1.165) is 5.75 Å². The minimum absolute atomic E-state index is 0. The number of β-lactam (4-membered cyclic amide) rings is 1. The standard InChI is InChI=1S/C11H20N4O2S.ClH/c1-4-7(14-11(12)13)8-9(17)15(6(3)16)10(8)18-5-2;/h7-8,10H,4-5H2,1-3H3,(H4,12,13,14);1H/t7?,8-,10+;/m0./s1. The zero-order valence-electron chi connectivity index (χ0n) is 11.3. The van der Waals surface area contributed by atoms with Gasteiger partial charge in [-0.25, -0.2) is 4.99 Å². The SMILES string of the molecule is CCS[C@@H]1[C@@H](C(CC)N=C(N)N)C(=O)N1C(C)=O.Cl. The summed E-state index contributed by atoms with van der Waals surface area (Å²) in [6.07, 6.45) is 0.667. The van der Waals surface area contributed by atoms with Crippen molar-refractivity contribution in [3.63, 3.8) is 0 Å². The number of amides is 2. The zero-order chi connectivity index (χ0) is 13.9. The van der Waals surface area contributed by atoms with E-state index < -0.39 is 0 Å². The Labute approximate surface area is 123 Å². The Bertz CT molecular complexity index is 374. The number of rotatable bonds is 5. The molecule has 1 fully saturated rings. The van der Waals surface area contributed by atoms with Crippen molar-refractivity contribution in [1.82, 2.24) is 4.90 Å². The molecule has 0 aromatic heterocycles. The van der Waals surface area contributed by atoms with E-state index >= 15 is 0 Å². The second kappa shape index (κ2) is 7.59. The highest BCUT2D eigenvalue weighted by atomic mass is 35.5. The minimum atomic E-state index is -0.300. The van der Waals surface area contributed by atoms with Crippen LogP contribution in [0.5, 0.6) is 0 Å². The average molecular weight is 309 g/mol. The first-order valence-electron chi connectivity index (χ1n) is 5.97. The second-order valence-corrected chi connectivity index (χ2v) is 5.52. The molecule has 1 unspecified atom stereocenters. The highest BCUT2D eigenvalue weighted by Crippen LogP contribution is 2.39. The van der Waals surface area contributed by atoms with Crippen LogP contribution in [0.1, 0.15) is 27.2 Å². The summed E-state index contributed by atoms with van der Waals surface area (Å²) >= 11 is 1.57. The van der Waals surface area contributed by atoms with Crippen molar-refractivity contribution in [2.45, 2.75) is 38.6 Å². The van der Waals surface area contributed by atoms with Gasteiger partial charge in [-0.1, -0.05) is 13.8 Å². The largest absolute Gasteiger partial charge is 0.370 e. The maximum Gasteiger partial charge on any atom is 0.238 e. The molecule has 1 rings (SSSR count). The molecule has 4 N–H and O–H groups in total. The first kappa shape index (κ1) is 18.0. The van der Waals surface area contributed by atoms with Gasteiger partial charge in [0.25, 0.3) is 0 Å². The van der Waals surface area contributed by atoms with E-state index in [1.807, 2.05) is 13.8 Å². The number of carbonyl (C=O) groups is 2. The molecular formula is C11H21ClN4O2S. The molecule has 0 aliphatic carbocycles. The van der Waals surface area contributed by atoms with Crippen molar-refractivity contribution in [1.29, 1.82) is 0 Å². The van der Waals surface area contributed by atoms with Crippen molar-refractivity contribution >= 4 is 41.9 Å². The van der Waals surface area contributed by atoms with Gasteiger partial charge in [0.05, 0.1) is 17.3 Å². The number of likely N-dealkylation sites (tertiary alicyclic amines) is 1. The van der Waals surface area contributed by atoms with E-state index in [1.165, 1.54) is 11.8 Å². The molecule has 19 heavy (non-hydrogen) atoms. The fourth-order valence-electron chi connectivity index (χ4n) is 2.14. The van der Waals surface area contributed by atoms with Crippen molar-refractivity contribution in [2.24, 2.45) is 22.4 Å². The normalized spacial score (nSPS) is 23.1. The van der Waals surface area contributed by atoms with Crippen LogP contribution in [0, 0.1) is 5.92 Å². The van der Waals surface area contributed by atoms with Crippen molar-refractivity contribution in [3.05, 3.63) is 0 Å².